The van der Waals surface area contributed by atoms with E-state index in [1.54, 1.807) is 35.4 Å². The van der Waals surface area contributed by atoms with Gasteiger partial charge in [-0.15, -0.1) is 0 Å². The van der Waals surface area contributed by atoms with Crippen molar-refractivity contribution >= 4 is 17.6 Å². The van der Waals surface area contributed by atoms with E-state index < -0.39 is 0 Å². The normalized spacial score (nSPS) is 14.9. The van der Waals surface area contributed by atoms with Crippen LogP contribution in [-0.2, 0) is 4.79 Å². The molecule has 1 aromatic heterocycles. The maximum absolute atomic E-state index is 12.6. The van der Waals surface area contributed by atoms with Gasteiger partial charge in [0.2, 0.25) is 5.91 Å². The van der Waals surface area contributed by atoms with E-state index in [4.69, 9.17) is 10.5 Å². The first-order valence-corrected chi connectivity index (χ1v) is 8.59. The van der Waals surface area contributed by atoms with Gasteiger partial charge in [0.15, 0.2) is 0 Å². The standard InChI is InChI=1S/C18H23N5O3/c1-26-15-5-3-2-4-14(15)18(25)21-16-6-9-20-23(16)13-7-10-22(11-8-13)17(24)12-19/h2-6,9,13H,7-8,10-12,19H2,1H3,(H,21,25). The first-order chi connectivity index (χ1) is 12.6. The maximum Gasteiger partial charge on any atom is 0.260 e. The lowest BCUT2D eigenvalue weighted by Crippen LogP contribution is -2.42. The van der Waals surface area contributed by atoms with Crippen LogP contribution in [0.1, 0.15) is 29.2 Å². The fraction of sp³-hybridized carbons (Fsp3) is 0.389. The average molecular weight is 357 g/mol. The third-order valence-electron chi connectivity index (χ3n) is 4.60. The van der Waals surface area contributed by atoms with Gasteiger partial charge in [-0.3, -0.25) is 9.59 Å². The number of aromatic nitrogens is 2. The van der Waals surface area contributed by atoms with Crippen molar-refractivity contribution in [1.29, 1.82) is 0 Å². The predicted molar refractivity (Wildman–Crippen MR) is 97.1 cm³/mol. The molecule has 3 rings (SSSR count). The highest BCUT2D eigenvalue weighted by Gasteiger charge is 2.25. The predicted octanol–water partition coefficient (Wildman–Crippen LogP) is 1.27. The van der Waals surface area contributed by atoms with Crippen molar-refractivity contribution in [3.63, 3.8) is 0 Å². The van der Waals surface area contributed by atoms with E-state index in [1.165, 1.54) is 7.11 Å². The van der Waals surface area contributed by atoms with Crippen molar-refractivity contribution < 1.29 is 14.3 Å². The van der Waals surface area contributed by atoms with E-state index in [1.807, 2.05) is 10.7 Å². The number of likely N-dealkylation sites (tertiary alicyclic amines) is 1. The molecule has 0 aliphatic carbocycles. The van der Waals surface area contributed by atoms with Crippen LogP contribution in [0.3, 0.4) is 0 Å². The number of anilines is 1. The van der Waals surface area contributed by atoms with E-state index >= 15 is 0 Å². The van der Waals surface area contributed by atoms with Crippen LogP contribution in [0, 0.1) is 0 Å². The van der Waals surface area contributed by atoms with Crippen LogP contribution >= 0.6 is 0 Å². The SMILES string of the molecule is COc1ccccc1C(=O)Nc1ccnn1C1CCN(C(=O)CN)CC1. The first-order valence-electron chi connectivity index (χ1n) is 8.59. The van der Waals surface area contributed by atoms with Crippen molar-refractivity contribution in [3.05, 3.63) is 42.1 Å². The van der Waals surface area contributed by atoms with Crippen molar-refractivity contribution in [2.24, 2.45) is 5.73 Å². The molecule has 138 valence electrons. The van der Waals surface area contributed by atoms with E-state index in [-0.39, 0.29) is 24.4 Å². The lowest BCUT2D eigenvalue weighted by Gasteiger charge is -2.32. The van der Waals surface area contributed by atoms with Gasteiger partial charge in [-0.25, -0.2) is 4.68 Å². The lowest BCUT2D eigenvalue weighted by atomic mass is 10.1. The van der Waals surface area contributed by atoms with Gasteiger partial charge in [-0.2, -0.15) is 5.10 Å². The summed E-state index contributed by atoms with van der Waals surface area (Å²) in [6.45, 7) is 1.31. The zero-order chi connectivity index (χ0) is 18.5. The second-order valence-electron chi connectivity index (χ2n) is 6.13. The number of para-hydroxylation sites is 1. The van der Waals surface area contributed by atoms with Crippen molar-refractivity contribution in [3.8, 4) is 5.75 Å². The van der Waals surface area contributed by atoms with Gasteiger partial charge >= 0.3 is 0 Å². The number of hydrogen-bond acceptors (Lipinski definition) is 5. The molecule has 0 bridgehead atoms. The van der Waals surface area contributed by atoms with E-state index in [9.17, 15) is 9.59 Å². The van der Waals surface area contributed by atoms with E-state index in [0.717, 1.165) is 12.8 Å². The maximum atomic E-state index is 12.6. The van der Waals surface area contributed by atoms with Gasteiger partial charge in [0.1, 0.15) is 11.6 Å². The number of piperidine rings is 1. The van der Waals surface area contributed by atoms with Crippen LogP contribution < -0.4 is 15.8 Å². The molecule has 8 heteroatoms. The number of nitrogens with two attached hydrogens (primary N) is 1. The van der Waals surface area contributed by atoms with Crippen molar-refractivity contribution in [1.82, 2.24) is 14.7 Å². The largest absolute Gasteiger partial charge is 0.496 e. The summed E-state index contributed by atoms with van der Waals surface area (Å²) in [5.74, 6) is 0.864. The number of ether oxygens (including phenoxy) is 1. The molecule has 1 fully saturated rings. The zero-order valence-electron chi connectivity index (χ0n) is 14.7. The molecule has 1 aliphatic heterocycles. The molecule has 2 amide bonds. The Labute approximate surface area is 151 Å². The van der Waals surface area contributed by atoms with Crippen LogP contribution in [0.25, 0.3) is 0 Å². The summed E-state index contributed by atoms with van der Waals surface area (Å²) in [5.41, 5.74) is 5.89. The van der Waals surface area contributed by atoms with Crippen LogP contribution in [0.2, 0.25) is 0 Å². The Balaban J connectivity index is 1.70. The summed E-state index contributed by atoms with van der Waals surface area (Å²) in [7, 11) is 1.53. The third kappa shape index (κ3) is 3.70. The Kier molecular flexibility index (Phi) is 5.52. The highest BCUT2D eigenvalue weighted by Crippen LogP contribution is 2.26. The van der Waals surface area contributed by atoms with Crippen molar-refractivity contribution in [2.45, 2.75) is 18.9 Å². The Morgan fingerprint density at radius 2 is 2.00 bits per heavy atom. The highest BCUT2D eigenvalue weighted by atomic mass is 16.5. The quantitative estimate of drug-likeness (QED) is 0.839. The van der Waals surface area contributed by atoms with E-state index in [2.05, 4.69) is 10.4 Å². The molecule has 8 nitrogen and oxygen atoms in total. The Bertz CT molecular complexity index is 781. The van der Waals surface area contributed by atoms with Gasteiger partial charge in [0, 0.05) is 19.2 Å². The molecular formula is C18H23N5O3. The Morgan fingerprint density at radius 1 is 1.27 bits per heavy atom. The molecule has 26 heavy (non-hydrogen) atoms. The molecule has 1 aromatic carbocycles. The number of nitrogens with zero attached hydrogens (tertiary/aromatic N) is 3. The third-order valence-corrected chi connectivity index (χ3v) is 4.60. The fourth-order valence-electron chi connectivity index (χ4n) is 3.21. The number of methoxy groups -OCH3 is 1. The zero-order valence-corrected chi connectivity index (χ0v) is 14.7. The van der Waals surface area contributed by atoms with Crippen LogP contribution in [0.4, 0.5) is 5.82 Å². The van der Waals surface area contributed by atoms with Gasteiger partial charge < -0.3 is 20.7 Å². The number of benzene rings is 1. The molecule has 0 saturated carbocycles. The summed E-state index contributed by atoms with van der Waals surface area (Å²) in [4.78, 5) is 26.1. The number of carbonyl (C=O) groups excluding carboxylic acids is 2. The number of nitrogens with one attached hydrogen (secondary N) is 1. The van der Waals surface area contributed by atoms with Gasteiger partial charge in [0.05, 0.1) is 31.5 Å². The second kappa shape index (κ2) is 8.01. The molecule has 3 N–H and O–H groups in total. The molecule has 2 heterocycles. The van der Waals surface area contributed by atoms with Gasteiger partial charge in [0.25, 0.3) is 5.91 Å². The number of rotatable bonds is 5. The summed E-state index contributed by atoms with van der Waals surface area (Å²) in [6, 6.07) is 8.96. The topological polar surface area (TPSA) is 102 Å². The van der Waals surface area contributed by atoms with Crippen LogP contribution in [-0.4, -0.2) is 53.2 Å². The minimum absolute atomic E-state index is 0.0337. The summed E-state index contributed by atoms with van der Waals surface area (Å²) >= 11 is 0. The fourth-order valence-corrected chi connectivity index (χ4v) is 3.21. The molecule has 1 saturated heterocycles. The van der Waals surface area contributed by atoms with E-state index in [0.29, 0.717) is 30.2 Å². The average Bonchev–Trinajstić information content (AvgIpc) is 3.15. The Morgan fingerprint density at radius 3 is 2.69 bits per heavy atom. The summed E-state index contributed by atoms with van der Waals surface area (Å²) in [5, 5.41) is 7.27. The minimum atomic E-state index is -0.250. The monoisotopic (exact) mass is 357 g/mol. The molecule has 2 aromatic rings. The number of hydrogen-bond donors (Lipinski definition) is 2. The molecule has 0 atom stereocenters. The number of carbonyl (C=O) groups is 2. The minimum Gasteiger partial charge on any atom is -0.496 e. The Hall–Kier alpha value is -2.87. The summed E-state index contributed by atoms with van der Waals surface area (Å²) < 4.78 is 7.06. The molecule has 0 radical (unpaired) electrons. The van der Waals surface area contributed by atoms with Gasteiger partial charge in [-0.05, 0) is 25.0 Å². The number of amides is 2. The van der Waals surface area contributed by atoms with Crippen LogP contribution in [0.5, 0.6) is 5.75 Å². The molecular weight excluding hydrogens is 334 g/mol. The highest BCUT2D eigenvalue weighted by molar-refractivity contribution is 6.05. The molecule has 0 spiro atoms. The second-order valence-corrected chi connectivity index (χ2v) is 6.13. The lowest BCUT2D eigenvalue weighted by molar-refractivity contribution is -0.130. The van der Waals surface area contributed by atoms with Crippen LogP contribution in [0.15, 0.2) is 36.5 Å². The smallest absolute Gasteiger partial charge is 0.260 e. The molecule has 0 unspecified atom stereocenters. The summed E-state index contributed by atoms with van der Waals surface area (Å²) in [6.07, 6.45) is 3.20. The molecule has 1 aliphatic rings. The van der Waals surface area contributed by atoms with Crippen molar-refractivity contribution in [2.75, 3.05) is 32.1 Å². The first kappa shape index (κ1) is 17.9. The van der Waals surface area contributed by atoms with Gasteiger partial charge in [-0.1, -0.05) is 12.1 Å².